The van der Waals surface area contributed by atoms with Crippen molar-refractivity contribution in [2.75, 3.05) is 11.4 Å². The molecule has 1 aliphatic heterocycles. The molecule has 0 radical (unpaired) electrons. The van der Waals surface area contributed by atoms with Crippen molar-refractivity contribution in [3.8, 4) is 0 Å². The minimum atomic E-state index is 0.146. The molecule has 2 heterocycles. The number of fused-ring (bicyclic) bond motifs is 1. The molecular formula is C18H21BrN2. The summed E-state index contributed by atoms with van der Waals surface area (Å²) in [5.74, 6) is 1.06. The summed E-state index contributed by atoms with van der Waals surface area (Å²) >= 11 is 3.59. The second kappa shape index (κ2) is 5.45. The van der Waals surface area contributed by atoms with E-state index >= 15 is 0 Å². The lowest BCUT2D eigenvalue weighted by Crippen LogP contribution is -2.26. The number of rotatable bonds is 1. The zero-order valence-electron chi connectivity index (χ0n) is 12.9. The van der Waals surface area contributed by atoms with Crippen molar-refractivity contribution in [2.45, 2.75) is 39.0 Å². The number of nitrogens with zero attached hydrogens (tertiary/aromatic N) is 2. The van der Waals surface area contributed by atoms with Gasteiger partial charge in [0.15, 0.2) is 0 Å². The molecule has 21 heavy (non-hydrogen) atoms. The summed E-state index contributed by atoms with van der Waals surface area (Å²) < 4.78 is 1.13. The van der Waals surface area contributed by atoms with Crippen molar-refractivity contribution >= 4 is 27.4 Å². The van der Waals surface area contributed by atoms with Gasteiger partial charge in [0.1, 0.15) is 5.82 Å². The lowest BCUT2D eigenvalue weighted by Gasteiger charge is -2.31. The van der Waals surface area contributed by atoms with Crippen LogP contribution in [-0.4, -0.2) is 11.5 Å². The van der Waals surface area contributed by atoms with Crippen LogP contribution in [-0.2, 0) is 11.8 Å². The molecule has 0 saturated carbocycles. The Kier molecular flexibility index (Phi) is 3.78. The van der Waals surface area contributed by atoms with E-state index < -0.39 is 0 Å². The predicted molar refractivity (Wildman–Crippen MR) is 92.4 cm³/mol. The summed E-state index contributed by atoms with van der Waals surface area (Å²) in [4.78, 5) is 6.96. The third kappa shape index (κ3) is 2.98. The van der Waals surface area contributed by atoms with Gasteiger partial charge in [-0.25, -0.2) is 4.98 Å². The molecule has 0 saturated heterocycles. The molecular weight excluding hydrogens is 324 g/mol. The predicted octanol–water partition coefficient (Wildman–Crippen LogP) is 5.23. The maximum atomic E-state index is 4.62. The Balaban J connectivity index is 2.05. The molecule has 3 heteroatoms. The highest BCUT2D eigenvalue weighted by Crippen LogP contribution is 2.35. The maximum Gasteiger partial charge on any atom is 0.133 e. The van der Waals surface area contributed by atoms with Gasteiger partial charge in [-0.3, -0.25) is 0 Å². The van der Waals surface area contributed by atoms with Crippen LogP contribution in [0.25, 0.3) is 0 Å². The Labute approximate surface area is 135 Å². The Morgan fingerprint density at radius 1 is 1.14 bits per heavy atom. The standard InChI is InChI=1S/C18H21BrN2/c1-18(2,3)14-8-9-20-17(11-14)21-10-4-5-13-6-7-15(19)12-16(13)21/h6-9,11-12H,4-5,10H2,1-3H3. The van der Waals surface area contributed by atoms with Crippen molar-refractivity contribution in [2.24, 2.45) is 0 Å². The van der Waals surface area contributed by atoms with Crippen molar-refractivity contribution in [3.05, 3.63) is 52.1 Å². The third-order valence-electron chi connectivity index (χ3n) is 4.05. The molecule has 1 aliphatic rings. The van der Waals surface area contributed by atoms with Crippen LogP contribution in [0.1, 0.15) is 38.3 Å². The molecule has 0 atom stereocenters. The fraction of sp³-hybridized carbons (Fsp3) is 0.389. The smallest absolute Gasteiger partial charge is 0.133 e. The Hall–Kier alpha value is -1.35. The normalized spacial score (nSPS) is 15.0. The SMILES string of the molecule is CC(C)(C)c1ccnc(N2CCCc3ccc(Br)cc32)c1. The van der Waals surface area contributed by atoms with Gasteiger partial charge in [0.25, 0.3) is 0 Å². The van der Waals surface area contributed by atoms with E-state index in [0.29, 0.717) is 0 Å². The second-order valence-electron chi connectivity index (χ2n) is 6.68. The summed E-state index contributed by atoms with van der Waals surface area (Å²) in [5, 5.41) is 0. The number of benzene rings is 1. The zero-order valence-corrected chi connectivity index (χ0v) is 14.4. The highest BCUT2D eigenvalue weighted by Gasteiger charge is 2.21. The second-order valence-corrected chi connectivity index (χ2v) is 7.60. The van der Waals surface area contributed by atoms with Gasteiger partial charge < -0.3 is 4.90 Å². The fourth-order valence-corrected chi connectivity index (χ4v) is 3.17. The van der Waals surface area contributed by atoms with Crippen molar-refractivity contribution < 1.29 is 0 Å². The van der Waals surface area contributed by atoms with Crippen molar-refractivity contribution in [1.82, 2.24) is 4.98 Å². The first-order chi connectivity index (χ1) is 9.95. The summed E-state index contributed by atoms with van der Waals surface area (Å²) in [6.45, 7) is 7.76. The van der Waals surface area contributed by atoms with Crippen LogP contribution in [0.2, 0.25) is 0 Å². The van der Waals surface area contributed by atoms with Crippen molar-refractivity contribution in [3.63, 3.8) is 0 Å². The maximum absolute atomic E-state index is 4.62. The lowest BCUT2D eigenvalue weighted by molar-refractivity contribution is 0.589. The van der Waals surface area contributed by atoms with E-state index in [9.17, 15) is 0 Å². The average Bonchev–Trinajstić information content (AvgIpc) is 2.46. The molecule has 0 N–H and O–H groups in total. The van der Waals surface area contributed by atoms with E-state index in [-0.39, 0.29) is 5.41 Å². The summed E-state index contributed by atoms with van der Waals surface area (Å²) in [5.41, 5.74) is 4.17. The molecule has 3 rings (SSSR count). The molecule has 1 aromatic carbocycles. The van der Waals surface area contributed by atoms with Gasteiger partial charge in [-0.05, 0) is 53.6 Å². The van der Waals surface area contributed by atoms with Gasteiger partial charge in [0.2, 0.25) is 0 Å². The first kappa shape index (κ1) is 14.6. The molecule has 0 amide bonds. The molecule has 0 unspecified atom stereocenters. The van der Waals surface area contributed by atoms with E-state index in [1.807, 2.05) is 6.20 Å². The molecule has 2 aromatic rings. The van der Waals surface area contributed by atoms with Crippen LogP contribution < -0.4 is 4.90 Å². The molecule has 2 nitrogen and oxygen atoms in total. The van der Waals surface area contributed by atoms with E-state index in [2.05, 4.69) is 76.9 Å². The Morgan fingerprint density at radius 3 is 2.71 bits per heavy atom. The summed E-state index contributed by atoms with van der Waals surface area (Å²) in [7, 11) is 0. The number of aromatic nitrogens is 1. The van der Waals surface area contributed by atoms with Gasteiger partial charge >= 0.3 is 0 Å². The van der Waals surface area contributed by atoms with Gasteiger partial charge in [0, 0.05) is 22.9 Å². The minimum absolute atomic E-state index is 0.146. The first-order valence-corrected chi connectivity index (χ1v) is 8.27. The van der Waals surface area contributed by atoms with Gasteiger partial charge in [-0.1, -0.05) is 42.8 Å². The van der Waals surface area contributed by atoms with E-state index in [1.165, 1.54) is 23.2 Å². The fourth-order valence-electron chi connectivity index (χ4n) is 2.82. The Bertz CT molecular complexity index is 659. The molecule has 0 bridgehead atoms. The van der Waals surface area contributed by atoms with Crippen LogP contribution in [0, 0.1) is 0 Å². The first-order valence-electron chi connectivity index (χ1n) is 7.48. The summed E-state index contributed by atoms with van der Waals surface area (Å²) in [6.07, 6.45) is 4.26. The van der Waals surface area contributed by atoms with Crippen LogP contribution in [0.5, 0.6) is 0 Å². The van der Waals surface area contributed by atoms with Gasteiger partial charge in [-0.2, -0.15) is 0 Å². The number of anilines is 2. The summed E-state index contributed by atoms with van der Waals surface area (Å²) in [6, 6.07) is 10.9. The van der Waals surface area contributed by atoms with Gasteiger partial charge in [0.05, 0.1) is 0 Å². The quantitative estimate of drug-likeness (QED) is 0.704. The van der Waals surface area contributed by atoms with Crippen molar-refractivity contribution in [1.29, 1.82) is 0 Å². The number of hydrogen-bond donors (Lipinski definition) is 0. The average molecular weight is 345 g/mol. The number of pyridine rings is 1. The van der Waals surface area contributed by atoms with E-state index in [4.69, 9.17) is 0 Å². The van der Waals surface area contributed by atoms with Crippen LogP contribution >= 0.6 is 15.9 Å². The third-order valence-corrected chi connectivity index (χ3v) is 4.55. The topological polar surface area (TPSA) is 16.1 Å². The number of halogens is 1. The Morgan fingerprint density at radius 2 is 1.95 bits per heavy atom. The highest BCUT2D eigenvalue weighted by molar-refractivity contribution is 9.10. The molecule has 0 aliphatic carbocycles. The highest BCUT2D eigenvalue weighted by atomic mass is 79.9. The number of aryl methyl sites for hydroxylation is 1. The largest absolute Gasteiger partial charge is 0.326 e. The lowest BCUT2D eigenvalue weighted by atomic mass is 9.87. The zero-order chi connectivity index (χ0) is 15.0. The minimum Gasteiger partial charge on any atom is -0.326 e. The number of hydrogen-bond acceptors (Lipinski definition) is 2. The molecule has 0 spiro atoms. The van der Waals surface area contributed by atoms with Crippen LogP contribution in [0.15, 0.2) is 41.0 Å². The van der Waals surface area contributed by atoms with Crippen LogP contribution in [0.4, 0.5) is 11.5 Å². The molecule has 1 aromatic heterocycles. The van der Waals surface area contributed by atoms with E-state index in [1.54, 1.807) is 0 Å². The van der Waals surface area contributed by atoms with E-state index in [0.717, 1.165) is 23.3 Å². The van der Waals surface area contributed by atoms with Crippen LogP contribution in [0.3, 0.4) is 0 Å². The molecule has 0 fully saturated rings. The molecule has 110 valence electrons. The monoisotopic (exact) mass is 344 g/mol. The van der Waals surface area contributed by atoms with Gasteiger partial charge in [-0.15, -0.1) is 0 Å².